The van der Waals surface area contributed by atoms with E-state index in [0.717, 1.165) is 40.8 Å². The first-order valence-corrected chi connectivity index (χ1v) is 13.2. The van der Waals surface area contributed by atoms with Crippen LogP contribution in [0.15, 0.2) is 36.4 Å². The lowest BCUT2D eigenvalue weighted by Gasteiger charge is -2.41. The third kappa shape index (κ3) is 5.58. The van der Waals surface area contributed by atoms with Crippen LogP contribution in [0.1, 0.15) is 67.9 Å². The first kappa shape index (κ1) is 25.1. The molecule has 196 valence electrons. The molecule has 2 aromatic carbocycles. The van der Waals surface area contributed by atoms with E-state index in [1.165, 1.54) is 0 Å². The van der Waals surface area contributed by atoms with E-state index in [4.69, 9.17) is 4.74 Å². The molecule has 0 radical (unpaired) electrons. The SMILES string of the molecule is Cc1ccc(C(=O)NC2CC2)cc1-c1ccc2c(c1)CNC(=O)N2C1CCN(C(=O)OC(C)(C)C)CC1. The molecule has 1 aliphatic carbocycles. The van der Waals surface area contributed by atoms with E-state index < -0.39 is 5.60 Å². The number of likely N-dealkylation sites (tertiary alicyclic amines) is 1. The fourth-order valence-electron chi connectivity index (χ4n) is 5.06. The molecule has 1 saturated carbocycles. The lowest BCUT2D eigenvalue weighted by Crippen LogP contribution is -2.54. The number of nitrogens with one attached hydrogen (secondary N) is 2. The van der Waals surface area contributed by atoms with Crippen molar-refractivity contribution >= 4 is 23.7 Å². The van der Waals surface area contributed by atoms with Crippen molar-refractivity contribution in [3.8, 4) is 11.1 Å². The molecule has 4 amide bonds. The zero-order chi connectivity index (χ0) is 26.3. The maximum Gasteiger partial charge on any atom is 0.410 e. The normalized spacial score (nSPS) is 18.2. The van der Waals surface area contributed by atoms with Crippen LogP contribution < -0.4 is 15.5 Å². The number of fused-ring (bicyclic) bond motifs is 1. The van der Waals surface area contributed by atoms with Crippen LogP contribution in [0.5, 0.6) is 0 Å². The second-order valence-corrected chi connectivity index (χ2v) is 11.3. The molecule has 2 fully saturated rings. The Hall–Kier alpha value is -3.55. The number of benzene rings is 2. The third-order valence-corrected chi connectivity index (χ3v) is 7.19. The molecule has 8 heteroatoms. The van der Waals surface area contributed by atoms with Gasteiger partial charge in [0, 0.05) is 37.3 Å². The van der Waals surface area contributed by atoms with Gasteiger partial charge in [-0.2, -0.15) is 0 Å². The van der Waals surface area contributed by atoms with Crippen molar-refractivity contribution < 1.29 is 19.1 Å². The Morgan fingerprint density at radius 1 is 1.03 bits per heavy atom. The fourth-order valence-corrected chi connectivity index (χ4v) is 5.06. The first-order chi connectivity index (χ1) is 17.6. The van der Waals surface area contributed by atoms with E-state index in [1.807, 2.05) is 62.9 Å². The van der Waals surface area contributed by atoms with Gasteiger partial charge in [0.2, 0.25) is 0 Å². The Labute approximate surface area is 218 Å². The lowest BCUT2D eigenvalue weighted by atomic mass is 9.94. The molecular weight excluding hydrogens is 468 g/mol. The molecule has 37 heavy (non-hydrogen) atoms. The number of nitrogens with zero attached hydrogens (tertiary/aromatic N) is 2. The van der Waals surface area contributed by atoms with E-state index in [1.54, 1.807) is 4.90 Å². The van der Waals surface area contributed by atoms with Gasteiger partial charge in [0.05, 0.1) is 5.69 Å². The Morgan fingerprint density at radius 3 is 2.43 bits per heavy atom. The number of carbonyl (C=O) groups is 3. The third-order valence-electron chi connectivity index (χ3n) is 7.19. The summed E-state index contributed by atoms with van der Waals surface area (Å²) in [5.74, 6) is -0.0297. The summed E-state index contributed by atoms with van der Waals surface area (Å²) in [6.07, 6.45) is 3.17. The summed E-state index contributed by atoms with van der Waals surface area (Å²) in [5, 5.41) is 6.08. The van der Waals surface area contributed by atoms with Gasteiger partial charge >= 0.3 is 12.1 Å². The predicted molar refractivity (Wildman–Crippen MR) is 143 cm³/mol. The summed E-state index contributed by atoms with van der Waals surface area (Å²) in [4.78, 5) is 41.6. The number of urea groups is 1. The highest BCUT2D eigenvalue weighted by Gasteiger charge is 2.35. The Kier molecular flexibility index (Phi) is 6.60. The van der Waals surface area contributed by atoms with Gasteiger partial charge in [-0.3, -0.25) is 9.69 Å². The second-order valence-electron chi connectivity index (χ2n) is 11.3. The smallest absolute Gasteiger partial charge is 0.410 e. The number of amides is 4. The molecule has 0 aromatic heterocycles. The molecule has 5 rings (SSSR count). The zero-order valence-corrected chi connectivity index (χ0v) is 22.1. The number of anilines is 1. The van der Waals surface area contributed by atoms with Crippen molar-refractivity contribution in [2.24, 2.45) is 0 Å². The van der Waals surface area contributed by atoms with E-state index in [9.17, 15) is 14.4 Å². The van der Waals surface area contributed by atoms with Crippen molar-refractivity contribution in [3.63, 3.8) is 0 Å². The summed E-state index contributed by atoms with van der Waals surface area (Å²) in [6, 6.07) is 12.2. The van der Waals surface area contributed by atoms with Crippen molar-refractivity contribution in [1.82, 2.24) is 15.5 Å². The Balaban J connectivity index is 1.34. The molecule has 0 bridgehead atoms. The van der Waals surface area contributed by atoms with Crippen molar-refractivity contribution in [2.75, 3.05) is 18.0 Å². The van der Waals surface area contributed by atoms with Crippen LogP contribution in [0.25, 0.3) is 11.1 Å². The average Bonchev–Trinajstić information content (AvgIpc) is 3.67. The van der Waals surface area contributed by atoms with Crippen molar-refractivity contribution in [3.05, 3.63) is 53.1 Å². The molecule has 1 saturated heterocycles. The quantitative estimate of drug-likeness (QED) is 0.614. The van der Waals surface area contributed by atoms with Gasteiger partial charge in [0.25, 0.3) is 5.91 Å². The topological polar surface area (TPSA) is 91.0 Å². The molecule has 2 aromatic rings. The molecular formula is C29H36N4O4. The number of hydrogen-bond donors (Lipinski definition) is 2. The van der Waals surface area contributed by atoms with Crippen LogP contribution in [-0.4, -0.2) is 53.7 Å². The van der Waals surface area contributed by atoms with Crippen LogP contribution >= 0.6 is 0 Å². The summed E-state index contributed by atoms with van der Waals surface area (Å²) in [7, 11) is 0. The minimum Gasteiger partial charge on any atom is -0.444 e. The number of hydrogen-bond acceptors (Lipinski definition) is 4. The number of rotatable bonds is 4. The second kappa shape index (κ2) is 9.72. The average molecular weight is 505 g/mol. The molecule has 0 atom stereocenters. The van der Waals surface area contributed by atoms with E-state index >= 15 is 0 Å². The van der Waals surface area contributed by atoms with Gasteiger partial charge in [-0.25, -0.2) is 9.59 Å². The van der Waals surface area contributed by atoms with Gasteiger partial charge in [0.1, 0.15) is 5.60 Å². The molecule has 2 heterocycles. The number of aryl methyl sites for hydroxylation is 1. The monoisotopic (exact) mass is 504 g/mol. The number of carbonyl (C=O) groups excluding carboxylic acids is 3. The van der Waals surface area contributed by atoms with Crippen molar-refractivity contribution in [2.45, 2.75) is 77.6 Å². The van der Waals surface area contributed by atoms with Crippen LogP contribution in [-0.2, 0) is 11.3 Å². The lowest BCUT2D eigenvalue weighted by molar-refractivity contribution is 0.0206. The molecule has 0 spiro atoms. The van der Waals surface area contributed by atoms with E-state index in [2.05, 4.69) is 16.7 Å². The standard InChI is InChI=1S/C29H36N4O4/c1-18-5-6-20(26(34)31-22-8-9-22)16-24(18)19-7-10-25-21(15-19)17-30-27(35)33(25)23-11-13-32(14-12-23)28(36)37-29(2,3)4/h5-7,10,15-16,22-23H,8-9,11-14,17H2,1-4H3,(H,30,35)(H,31,34). The van der Waals surface area contributed by atoms with Gasteiger partial charge in [-0.1, -0.05) is 12.1 Å². The minimum atomic E-state index is -0.532. The first-order valence-electron chi connectivity index (χ1n) is 13.2. The fraction of sp³-hybridized carbons (Fsp3) is 0.483. The van der Waals surface area contributed by atoms with Crippen LogP contribution in [0, 0.1) is 6.92 Å². The molecule has 8 nitrogen and oxygen atoms in total. The molecule has 2 aliphatic heterocycles. The summed E-state index contributed by atoms with van der Waals surface area (Å²) >= 11 is 0. The minimum absolute atomic E-state index is 0.000212. The highest BCUT2D eigenvalue weighted by atomic mass is 16.6. The van der Waals surface area contributed by atoms with Gasteiger partial charge in [0.15, 0.2) is 0 Å². The highest BCUT2D eigenvalue weighted by molar-refractivity contribution is 5.97. The Morgan fingerprint density at radius 2 is 1.76 bits per heavy atom. The highest BCUT2D eigenvalue weighted by Crippen LogP contribution is 2.35. The van der Waals surface area contributed by atoms with Crippen LogP contribution in [0.3, 0.4) is 0 Å². The van der Waals surface area contributed by atoms with E-state index in [0.29, 0.717) is 44.1 Å². The maximum atomic E-state index is 12.9. The zero-order valence-electron chi connectivity index (χ0n) is 22.1. The van der Waals surface area contributed by atoms with Gasteiger partial charge in [-0.15, -0.1) is 0 Å². The number of ether oxygens (including phenoxy) is 1. The van der Waals surface area contributed by atoms with Crippen LogP contribution in [0.4, 0.5) is 15.3 Å². The summed E-state index contributed by atoms with van der Waals surface area (Å²) < 4.78 is 5.51. The largest absolute Gasteiger partial charge is 0.444 e. The molecule has 3 aliphatic rings. The van der Waals surface area contributed by atoms with Gasteiger partial charge < -0.3 is 20.3 Å². The molecule has 2 N–H and O–H groups in total. The van der Waals surface area contributed by atoms with Gasteiger partial charge in [-0.05, 0) is 99.9 Å². The van der Waals surface area contributed by atoms with Crippen LogP contribution in [0.2, 0.25) is 0 Å². The molecule has 0 unspecified atom stereocenters. The summed E-state index contributed by atoms with van der Waals surface area (Å²) in [5.41, 5.74) is 5.21. The number of piperidine rings is 1. The predicted octanol–water partition coefficient (Wildman–Crippen LogP) is 4.98. The maximum absolute atomic E-state index is 12.9. The van der Waals surface area contributed by atoms with E-state index in [-0.39, 0.29) is 24.1 Å². The van der Waals surface area contributed by atoms with Crippen molar-refractivity contribution in [1.29, 1.82) is 0 Å². The summed E-state index contributed by atoms with van der Waals surface area (Å²) in [6.45, 7) is 9.18. The Bertz CT molecular complexity index is 1220.